The second kappa shape index (κ2) is 6.06. The number of unbranched alkanes of at least 4 members (excludes halogenated alkanes) is 1. The molecule has 0 aliphatic carbocycles. The molecule has 0 spiro atoms. The van der Waals surface area contributed by atoms with Gasteiger partial charge in [0.2, 0.25) is 0 Å². The molecule has 1 aromatic rings. The third-order valence-electron chi connectivity index (χ3n) is 2.23. The molecule has 0 saturated heterocycles. The van der Waals surface area contributed by atoms with Crippen LogP contribution >= 0.6 is 0 Å². The monoisotopic (exact) mass is 208 g/mol. The second-order valence-electron chi connectivity index (χ2n) is 3.43. The molecule has 0 bridgehead atoms. The van der Waals surface area contributed by atoms with Crippen molar-refractivity contribution in [2.75, 3.05) is 0 Å². The van der Waals surface area contributed by atoms with Crippen LogP contribution in [0.3, 0.4) is 0 Å². The lowest BCUT2D eigenvalue weighted by Gasteiger charge is -2.15. The molecular formula is C12H16O3. The van der Waals surface area contributed by atoms with E-state index < -0.39 is 6.16 Å². The van der Waals surface area contributed by atoms with Crippen LogP contribution in [0.25, 0.3) is 0 Å². The van der Waals surface area contributed by atoms with E-state index in [2.05, 4.69) is 6.92 Å². The van der Waals surface area contributed by atoms with Crippen molar-refractivity contribution >= 4 is 6.16 Å². The van der Waals surface area contributed by atoms with Crippen molar-refractivity contribution in [2.24, 2.45) is 0 Å². The molecule has 1 atom stereocenters. The zero-order chi connectivity index (χ0) is 11.1. The first-order valence-corrected chi connectivity index (χ1v) is 5.18. The maximum absolute atomic E-state index is 10.5. The van der Waals surface area contributed by atoms with Crippen molar-refractivity contribution in [2.45, 2.75) is 32.3 Å². The largest absolute Gasteiger partial charge is 0.506 e. The second-order valence-corrected chi connectivity index (χ2v) is 3.43. The summed E-state index contributed by atoms with van der Waals surface area (Å²) < 4.78 is 4.86. The van der Waals surface area contributed by atoms with Gasteiger partial charge >= 0.3 is 6.16 Å². The van der Waals surface area contributed by atoms with E-state index >= 15 is 0 Å². The molecule has 0 heterocycles. The van der Waals surface area contributed by atoms with Crippen LogP contribution in [0.2, 0.25) is 0 Å². The fraction of sp³-hybridized carbons (Fsp3) is 0.417. The molecular weight excluding hydrogens is 192 g/mol. The highest BCUT2D eigenvalue weighted by molar-refractivity contribution is 5.57. The lowest BCUT2D eigenvalue weighted by atomic mass is 10.0. The molecule has 0 radical (unpaired) electrons. The van der Waals surface area contributed by atoms with Crippen LogP contribution < -0.4 is 0 Å². The molecule has 0 aromatic heterocycles. The molecule has 1 N–H and O–H groups in total. The Labute approximate surface area is 89.7 Å². The first-order valence-electron chi connectivity index (χ1n) is 5.18. The molecule has 1 rings (SSSR count). The number of ether oxygens (including phenoxy) is 1. The SMILES string of the molecule is CCCCC(OC(=O)O)c1ccccc1. The van der Waals surface area contributed by atoms with Gasteiger partial charge in [0.1, 0.15) is 6.10 Å². The molecule has 0 aliphatic heterocycles. The molecule has 0 amide bonds. The molecule has 82 valence electrons. The van der Waals surface area contributed by atoms with Gasteiger partial charge in [0, 0.05) is 0 Å². The van der Waals surface area contributed by atoms with Crippen molar-refractivity contribution in [3.8, 4) is 0 Å². The smallest absolute Gasteiger partial charge is 0.450 e. The summed E-state index contributed by atoms with van der Waals surface area (Å²) in [6.45, 7) is 2.07. The minimum atomic E-state index is -1.21. The number of benzene rings is 1. The Morgan fingerprint density at radius 2 is 2.07 bits per heavy atom. The maximum Gasteiger partial charge on any atom is 0.506 e. The van der Waals surface area contributed by atoms with Crippen LogP contribution in [0.5, 0.6) is 0 Å². The highest BCUT2D eigenvalue weighted by Gasteiger charge is 2.14. The molecule has 15 heavy (non-hydrogen) atoms. The third kappa shape index (κ3) is 4.02. The number of carboxylic acid groups (broad SMARTS) is 1. The Bertz CT molecular complexity index is 295. The number of hydrogen-bond acceptors (Lipinski definition) is 2. The zero-order valence-corrected chi connectivity index (χ0v) is 8.85. The fourth-order valence-corrected chi connectivity index (χ4v) is 1.47. The van der Waals surface area contributed by atoms with E-state index in [1.54, 1.807) is 0 Å². The number of hydrogen-bond donors (Lipinski definition) is 1. The van der Waals surface area contributed by atoms with E-state index in [1.165, 1.54) is 0 Å². The van der Waals surface area contributed by atoms with E-state index in [1.807, 2.05) is 30.3 Å². The van der Waals surface area contributed by atoms with E-state index in [0.29, 0.717) is 0 Å². The van der Waals surface area contributed by atoms with Gasteiger partial charge in [-0.3, -0.25) is 0 Å². The highest BCUT2D eigenvalue weighted by atomic mass is 16.7. The molecule has 3 nitrogen and oxygen atoms in total. The van der Waals surface area contributed by atoms with Crippen molar-refractivity contribution in [1.82, 2.24) is 0 Å². The van der Waals surface area contributed by atoms with Crippen molar-refractivity contribution in [3.05, 3.63) is 35.9 Å². The van der Waals surface area contributed by atoms with Gasteiger partial charge in [0.15, 0.2) is 0 Å². The lowest BCUT2D eigenvalue weighted by Crippen LogP contribution is -2.09. The first kappa shape index (κ1) is 11.6. The Morgan fingerprint density at radius 3 is 2.60 bits per heavy atom. The fourth-order valence-electron chi connectivity index (χ4n) is 1.47. The van der Waals surface area contributed by atoms with Gasteiger partial charge in [-0.15, -0.1) is 0 Å². The predicted molar refractivity (Wildman–Crippen MR) is 57.8 cm³/mol. The minimum absolute atomic E-state index is 0.330. The van der Waals surface area contributed by atoms with Gasteiger partial charge < -0.3 is 9.84 Å². The quantitative estimate of drug-likeness (QED) is 0.752. The Morgan fingerprint density at radius 1 is 1.40 bits per heavy atom. The summed E-state index contributed by atoms with van der Waals surface area (Å²) in [5.41, 5.74) is 0.924. The topological polar surface area (TPSA) is 46.5 Å². The number of carbonyl (C=O) groups is 1. The molecule has 1 aromatic carbocycles. The van der Waals surface area contributed by atoms with Crippen LogP contribution in [0.1, 0.15) is 37.9 Å². The van der Waals surface area contributed by atoms with E-state index in [4.69, 9.17) is 9.84 Å². The van der Waals surface area contributed by atoms with Crippen molar-refractivity contribution in [1.29, 1.82) is 0 Å². The van der Waals surface area contributed by atoms with Crippen LogP contribution in [-0.4, -0.2) is 11.3 Å². The van der Waals surface area contributed by atoms with Crippen LogP contribution in [0.4, 0.5) is 4.79 Å². The molecule has 0 fully saturated rings. The molecule has 0 aliphatic rings. The van der Waals surface area contributed by atoms with Gasteiger partial charge in [-0.2, -0.15) is 0 Å². The predicted octanol–water partition coefficient (Wildman–Crippen LogP) is 3.61. The highest BCUT2D eigenvalue weighted by Crippen LogP contribution is 2.23. The van der Waals surface area contributed by atoms with Gasteiger partial charge in [-0.1, -0.05) is 43.7 Å². The summed E-state index contributed by atoms with van der Waals surface area (Å²) in [6.07, 6.45) is 1.20. The third-order valence-corrected chi connectivity index (χ3v) is 2.23. The van der Waals surface area contributed by atoms with Crippen molar-refractivity contribution in [3.63, 3.8) is 0 Å². The summed E-state index contributed by atoms with van der Waals surface area (Å²) in [4.78, 5) is 10.5. The number of rotatable bonds is 5. The van der Waals surface area contributed by atoms with E-state index in [0.717, 1.165) is 24.8 Å². The lowest BCUT2D eigenvalue weighted by molar-refractivity contribution is 0.0466. The normalized spacial score (nSPS) is 12.1. The maximum atomic E-state index is 10.5. The van der Waals surface area contributed by atoms with E-state index in [9.17, 15) is 4.79 Å². The van der Waals surface area contributed by atoms with Crippen molar-refractivity contribution < 1.29 is 14.6 Å². The van der Waals surface area contributed by atoms with Crippen LogP contribution in [0, 0.1) is 0 Å². The van der Waals surface area contributed by atoms with Crippen LogP contribution in [-0.2, 0) is 4.74 Å². The van der Waals surface area contributed by atoms with Gasteiger partial charge in [0.05, 0.1) is 0 Å². The molecule has 3 heteroatoms. The average Bonchev–Trinajstić information content (AvgIpc) is 2.25. The summed E-state index contributed by atoms with van der Waals surface area (Å²) >= 11 is 0. The van der Waals surface area contributed by atoms with Crippen LogP contribution in [0.15, 0.2) is 30.3 Å². The minimum Gasteiger partial charge on any atom is -0.450 e. The Kier molecular flexibility index (Phi) is 4.68. The summed E-state index contributed by atoms with van der Waals surface area (Å²) in [6, 6.07) is 9.46. The van der Waals surface area contributed by atoms with Gasteiger partial charge in [-0.25, -0.2) is 4.79 Å². The summed E-state index contributed by atoms with van der Waals surface area (Å²) in [5.74, 6) is 0. The Balaban J connectivity index is 2.67. The Hall–Kier alpha value is -1.51. The van der Waals surface area contributed by atoms with Gasteiger partial charge in [-0.05, 0) is 18.4 Å². The molecule has 1 unspecified atom stereocenters. The standard InChI is InChI=1S/C12H16O3/c1-2-3-9-11(15-12(13)14)10-7-5-4-6-8-10/h4-8,11H,2-3,9H2,1H3,(H,13,14). The first-order chi connectivity index (χ1) is 7.24. The molecule has 0 saturated carbocycles. The van der Waals surface area contributed by atoms with Gasteiger partial charge in [0.25, 0.3) is 0 Å². The average molecular weight is 208 g/mol. The summed E-state index contributed by atoms with van der Waals surface area (Å²) in [5, 5.41) is 8.62. The van der Waals surface area contributed by atoms with E-state index in [-0.39, 0.29) is 6.10 Å². The zero-order valence-electron chi connectivity index (χ0n) is 8.85. The summed E-state index contributed by atoms with van der Waals surface area (Å²) in [7, 11) is 0.